The van der Waals surface area contributed by atoms with Gasteiger partial charge in [0.15, 0.2) is 0 Å². The molecule has 0 bridgehead atoms. The van der Waals surface area contributed by atoms with Crippen LogP contribution in [0.15, 0.2) is 36.1 Å². The van der Waals surface area contributed by atoms with E-state index in [9.17, 15) is 4.79 Å². The Morgan fingerprint density at radius 2 is 2.00 bits per heavy atom. The van der Waals surface area contributed by atoms with Crippen LogP contribution in [-0.2, 0) is 9.53 Å². The number of fused-ring (bicyclic) bond motifs is 1. The van der Waals surface area contributed by atoms with Gasteiger partial charge in [-0.15, -0.1) is 0 Å². The van der Waals surface area contributed by atoms with Gasteiger partial charge in [0.1, 0.15) is 0 Å². The van der Waals surface area contributed by atoms with E-state index >= 15 is 0 Å². The maximum Gasteiger partial charge on any atom is 0.371 e. The Hall–Kier alpha value is -1.91. The number of carboxylic acid groups (broad SMARTS) is 1. The monoisotopic (exact) mass is 311 g/mol. The highest BCUT2D eigenvalue weighted by Gasteiger charge is 2.05. The van der Waals surface area contributed by atoms with Crippen LogP contribution < -0.4 is 0 Å². The average Bonchev–Trinajstić information content (AvgIpc) is 2.76. The van der Waals surface area contributed by atoms with Crippen molar-refractivity contribution in [2.75, 3.05) is 7.11 Å². The molecule has 0 spiro atoms. The van der Waals surface area contributed by atoms with Crippen LogP contribution in [0.1, 0.15) is 5.69 Å². The lowest BCUT2D eigenvalue weighted by atomic mass is 10.2. The van der Waals surface area contributed by atoms with Gasteiger partial charge in [-0.05, 0) is 30.4 Å². The summed E-state index contributed by atoms with van der Waals surface area (Å²) in [6.45, 7) is 0. The van der Waals surface area contributed by atoms with Gasteiger partial charge in [0.05, 0.1) is 17.2 Å². The van der Waals surface area contributed by atoms with E-state index in [0.717, 1.165) is 16.6 Å². The second kappa shape index (κ2) is 6.03. The molecular formula is C14H11Cl2NO3. The zero-order valence-electron chi connectivity index (χ0n) is 10.5. The number of carboxylic acids is 1. The Kier molecular flexibility index (Phi) is 4.37. The van der Waals surface area contributed by atoms with E-state index in [-0.39, 0.29) is 5.76 Å². The third-order valence-corrected chi connectivity index (χ3v) is 3.36. The first-order valence-corrected chi connectivity index (χ1v) is 6.40. The van der Waals surface area contributed by atoms with Crippen molar-refractivity contribution in [3.63, 3.8) is 0 Å². The Labute approximate surface area is 125 Å². The fourth-order valence-corrected chi connectivity index (χ4v) is 2.04. The quantitative estimate of drug-likeness (QED) is 0.507. The number of methoxy groups -OCH3 is 1. The van der Waals surface area contributed by atoms with E-state index < -0.39 is 5.97 Å². The van der Waals surface area contributed by atoms with Gasteiger partial charge in [0.2, 0.25) is 5.76 Å². The third kappa shape index (κ3) is 3.15. The number of allylic oxidation sites excluding steroid dienone is 2. The highest BCUT2D eigenvalue weighted by atomic mass is 35.5. The Balaban J connectivity index is 2.28. The van der Waals surface area contributed by atoms with Gasteiger partial charge < -0.3 is 14.8 Å². The number of nitrogens with one attached hydrogen (secondary N) is 1. The summed E-state index contributed by atoms with van der Waals surface area (Å²) < 4.78 is 4.71. The summed E-state index contributed by atoms with van der Waals surface area (Å²) in [7, 11) is 1.31. The molecule has 0 aliphatic rings. The van der Waals surface area contributed by atoms with Crippen molar-refractivity contribution in [3.05, 3.63) is 51.8 Å². The molecule has 104 valence electrons. The minimum Gasteiger partial charge on any atom is -0.490 e. The molecule has 20 heavy (non-hydrogen) atoms. The molecule has 1 aromatic heterocycles. The summed E-state index contributed by atoms with van der Waals surface area (Å²) >= 11 is 11.9. The molecule has 1 aromatic carbocycles. The van der Waals surface area contributed by atoms with Gasteiger partial charge in [-0.1, -0.05) is 29.3 Å². The summed E-state index contributed by atoms with van der Waals surface area (Å²) in [6, 6.07) is 5.39. The van der Waals surface area contributed by atoms with Crippen LogP contribution >= 0.6 is 23.2 Å². The Morgan fingerprint density at radius 1 is 1.30 bits per heavy atom. The number of aromatic nitrogens is 1. The van der Waals surface area contributed by atoms with Crippen molar-refractivity contribution in [2.24, 2.45) is 0 Å². The van der Waals surface area contributed by atoms with E-state index in [1.54, 1.807) is 24.3 Å². The molecule has 1 heterocycles. The molecule has 0 saturated heterocycles. The minimum absolute atomic E-state index is 0.136. The molecule has 2 N–H and O–H groups in total. The number of ether oxygens (including phenoxy) is 1. The fourth-order valence-electron chi connectivity index (χ4n) is 1.70. The van der Waals surface area contributed by atoms with Crippen molar-refractivity contribution in [2.45, 2.75) is 0 Å². The summed E-state index contributed by atoms with van der Waals surface area (Å²) in [5.74, 6) is -1.25. The van der Waals surface area contributed by atoms with Crippen molar-refractivity contribution in [1.82, 2.24) is 4.98 Å². The molecule has 0 amide bonds. The van der Waals surface area contributed by atoms with E-state index in [1.165, 1.54) is 13.2 Å². The molecule has 0 unspecified atom stereocenters. The van der Waals surface area contributed by atoms with Crippen LogP contribution in [0, 0.1) is 0 Å². The van der Waals surface area contributed by atoms with Crippen molar-refractivity contribution in [3.8, 4) is 0 Å². The van der Waals surface area contributed by atoms with E-state index in [1.807, 2.05) is 6.07 Å². The first-order chi connectivity index (χ1) is 9.51. The summed E-state index contributed by atoms with van der Waals surface area (Å²) in [5.41, 5.74) is 1.66. The highest BCUT2D eigenvalue weighted by molar-refractivity contribution is 6.42. The van der Waals surface area contributed by atoms with E-state index in [0.29, 0.717) is 10.0 Å². The van der Waals surface area contributed by atoms with Crippen molar-refractivity contribution < 1.29 is 14.6 Å². The van der Waals surface area contributed by atoms with Gasteiger partial charge in [0.25, 0.3) is 0 Å². The molecular weight excluding hydrogens is 301 g/mol. The van der Waals surface area contributed by atoms with Gasteiger partial charge in [0, 0.05) is 16.6 Å². The number of aromatic amines is 1. The molecule has 4 nitrogen and oxygen atoms in total. The number of H-pyrrole nitrogens is 1. The van der Waals surface area contributed by atoms with Gasteiger partial charge in [-0.3, -0.25) is 0 Å². The van der Waals surface area contributed by atoms with Crippen LogP contribution in [0.25, 0.3) is 17.0 Å². The lowest BCUT2D eigenvalue weighted by Gasteiger charge is -1.96. The summed E-state index contributed by atoms with van der Waals surface area (Å²) in [4.78, 5) is 13.9. The number of hydrogen-bond donors (Lipinski definition) is 2. The van der Waals surface area contributed by atoms with Gasteiger partial charge >= 0.3 is 5.97 Å². The number of carbonyl (C=O) groups is 1. The summed E-state index contributed by atoms with van der Waals surface area (Å²) in [5, 5.41) is 10.7. The topological polar surface area (TPSA) is 62.3 Å². The number of hydrogen-bond acceptors (Lipinski definition) is 2. The van der Waals surface area contributed by atoms with E-state index in [2.05, 4.69) is 4.98 Å². The standard InChI is InChI=1S/C14H11Cl2NO3/c1-20-13(14(18)19)4-2-3-9-5-8-6-10(15)11(16)7-12(8)17-9/h2-7,17H,1H3,(H,18,19). The van der Waals surface area contributed by atoms with Gasteiger partial charge in [-0.2, -0.15) is 0 Å². The normalized spacial score (nSPS) is 12.2. The molecule has 0 aliphatic carbocycles. The molecule has 0 radical (unpaired) electrons. The van der Waals surface area contributed by atoms with Crippen LogP contribution in [0.4, 0.5) is 0 Å². The number of aliphatic carboxylic acids is 1. The first kappa shape index (κ1) is 14.5. The molecule has 2 rings (SSSR count). The predicted octanol–water partition coefficient (Wildman–Crippen LogP) is 4.10. The second-order valence-corrected chi connectivity index (χ2v) is 4.79. The second-order valence-electron chi connectivity index (χ2n) is 3.98. The molecule has 6 heteroatoms. The molecule has 0 saturated carbocycles. The smallest absolute Gasteiger partial charge is 0.371 e. The lowest BCUT2D eigenvalue weighted by molar-refractivity contribution is -0.136. The van der Waals surface area contributed by atoms with Crippen molar-refractivity contribution in [1.29, 1.82) is 0 Å². The molecule has 0 atom stereocenters. The molecule has 0 fully saturated rings. The zero-order valence-corrected chi connectivity index (χ0v) is 12.0. The van der Waals surface area contributed by atoms with Crippen LogP contribution in [0.5, 0.6) is 0 Å². The Bertz CT molecular complexity index is 678. The van der Waals surface area contributed by atoms with Gasteiger partial charge in [-0.25, -0.2) is 4.79 Å². The van der Waals surface area contributed by atoms with Crippen LogP contribution in [0.3, 0.4) is 0 Å². The molecule has 2 aromatic rings. The number of benzene rings is 1. The molecule has 0 aliphatic heterocycles. The average molecular weight is 312 g/mol. The largest absolute Gasteiger partial charge is 0.490 e. The number of halogens is 2. The highest BCUT2D eigenvalue weighted by Crippen LogP contribution is 2.28. The number of rotatable bonds is 4. The maximum atomic E-state index is 10.7. The summed E-state index contributed by atoms with van der Waals surface area (Å²) in [6.07, 6.45) is 4.68. The first-order valence-electron chi connectivity index (χ1n) is 5.64. The predicted molar refractivity (Wildman–Crippen MR) is 80.1 cm³/mol. The third-order valence-electron chi connectivity index (χ3n) is 2.64. The fraction of sp³-hybridized carbons (Fsp3) is 0.0714. The van der Waals surface area contributed by atoms with Crippen LogP contribution in [-0.4, -0.2) is 23.2 Å². The maximum absolute atomic E-state index is 10.7. The lowest BCUT2D eigenvalue weighted by Crippen LogP contribution is -2.01. The van der Waals surface area contributed by atoms with Crippen LogP contribution in [0.2, 0.25) is 10.0 Å². The zero-order chi connectivity index (χ0) is 14.7. The SMILES string of the molecule is COC(=CC=Cc1cc2cc(Cl)c(Cl)cc2[nH]1)C(=O)O. The Morgan fingerprint density at radius 3 is 2.65 bits per heavy atom. The van der Waals surface area contributed by atoms with E-state index in [4.69, 9.17) is 33.0 Å². The minimum atomic E-state index is -1.12. The van der Waals surface area contributed by atoms with Crippen molar-refractivity contribution >= 4 is 46.2 Å².